The predicted molar refractivity (Wildman–Crippen MR) is 87.8 cm³/mol. The molecule has 2 rings (SSSR count). The molecule has 0 spiro atoms. The standard InChI is InChI=1S/C15H17FN2O4S2/c1-11(12-5-3-6-13(16)9-12)18-24(21,22)15-8-4-7-14(10-15)23(19,20)17-2/h3-11,17-18H,1-2H3. The summed E-state index contributed by atoms with van der Waals surface area (Å²) in [5, 5.41) is 0. The van der Waals surface area contributed by atoms with Gasteiger partial charge in [0.25, 0.3) is 0 Å². The lowest BCUT2D eigenvalue weighted by Crippen LogP contribution is -2.27. The van der Waals surface area contributed by atoms with Crippen LogP contribution in [0.1, 0.15) is 18.5 Å². The highest BCUT2D eigenvalue weighted by Crippen LogP contribution is 2.20. The molecule has 0 bridgehead atoms. The van der Waals surface area contributed by atoms with Crippen molar-refractivity contribution in [3.8, 4) is 0 Å². The van der Waals surface area contributed by atoms with Crippen molar-refractivity contribution in [3.05, 3.63) is 59.9 Å². The summed E-state index contributed by atoms with van der Waals surface area (Å²) in [5.74, 6) is -0.472. The molecule has 0 saturated heterocycles. The van der Waals surface area contributed by atoms with Gasteiger partial charge in [-0.25, -0.2) is 30.7 Å². The van der Waals surface area contributed by atoms with Gasteiger partial charge in [0.1, 0.15) is 5.82 Å². The topological polar surface area (TPSA) is 92.3 Å². The van der Waals surface area contributed by atoms with Crippen molar-refractivity contribution in [1.82, 2.24) is 9.44 Å². The van der Waals surface area contributed by atoms with Crippen molar-refractivity contribution in [2.24, 2.45) is 0 Å². The summed E-state index contributed by atoms with van der Waals surface area (Å²) in [6.07, 6.45) is 0. The van der Waals surface area contributed by atoms with Crippen LogP contribution in [0.5, 0.6) is 0 Å². The summed E-state index contributed by atoms with van der Waals surface area (Å²) >= 11 is 0. The first-order valence-electron chi connectivity index (χ1n) is 6.97. The Morgan fingerprint density at radius 1 is 0.917 bits per heavy atom. The number of halogens is 1. The van der Waals surface area contributed by atoms with Gasteiger partial charge in [-0.05, 0) is 49.9 Å². The van der Waals surface area contributed by atoms with Gasteiger partial charge in [-0.1, -0.05) is 18.2 Å². The molecule has 0 aromatic heterocycles. The van der Waals surface area contributed by atoms with Gasteiger partial charge >= 0.3 is 0 Å². The molecule has 0 radical (unpaired) electrons. The van der Waals surface area contributed by atoms with E-state index in [1.807, 2.05) is 0 Å². The van der Waals surface area contributed by atoms with Crippen LogP contribution in [0.4, 0.5) is 4.39 Å². The predicted octanol–water partition coefficient (Wildman–Crippen LogP) is 1.77. The van der Waals surface area contributed by atoms with Crippen LogP contribution in [0.25, 0.3) is 0 Å². The molecule has 9 heteroatoms. The highest BCUT2D eigenvalue weighted by atomic mass is 32.2. The van der Waals surface area contributed by atoms with Crippen molar-refractivity contribution in [1.29, 1.82) is 0 Å². The summed E-state index contributed by atoms with van der Waals surface area (Å²) in [4.78, 5) is -0.353. The summed E-state index contributed by atoms with van der Waals surface area (Å²) in [6.45, 7) is 1.57. The van der Waals surface area contributed by atoms with E-state index in [0.29, 0.717) is 5.56 Å². The molecule has 1 atom stereocenters. The molecule has 0 amide bonds. The van der Waals surface area contributed by atoms with Gasteiger partial charge in [-0.15, -0.1) is 0 Å². The third-order valence-electron chi connectivity index (χ3n) is 3.38. The Bertz CT molecular complexity index is 943. The number of sulfonamides is 2. The van der Waals surface area contributed by atoms with Crippen LogP contribution in [-0.4, -0.2) is 23.9 Å². The molecule has 130 valence electrons. The number of hydrogen-bond donors (Lipinski definition) is 2. The summed E-state index contributed by atoms with van der Waals surface area (Å²) in [7, 11) is -6.50. The smallest absolute Gasteiger partial charge is 0.214 e. The Hall–Kier alpha value is -1.81. The first kappa shape index (κ1) is 18.5. The lowest BCUT2D eigenvalue weighted by atomic mass is 10.1. The Morgan fingerprint density at radius 2 is 1.50 bits per heavy atom. The van der Waals surface area contributed by atoms with E-state index in [4.69, 9.17) is 0 Å². The normalized spacial score (nSPS) is 13.6. The van der Waals surface area contributed by atoms with Crippen molar-refractivity contribution >= 4 is 20.0 Å². The Kier molecular flexibility index (Phi) is 5.38. The van der Waals surface area contributed by atoms with Crippen LogP contribution < -0.4 is 9.44 Å². The second kappa shape index (κ2) is 6.98. The quantitative estimate of drug-likeness (QED) is 0.808. The molecule has 0 aliphatic carbocycles. The molecule has 1 unspecified atom stereocenters. The van der Waals surface area contributed by atoms with Crippen LogP contribution in [0.3, 0.4) is 0 Å². The van der Waals surface area contributed by atoms with Gasteiger partial charge in [0.05, 0.1) is 9.79 Å². The van der Waals surface area contributed by atoms with Crippen molar-refractivity contribution < 1.29 is 21.2 Å². The van der Waals surface area contributed by atoms with Gasteiger partial charge in [0.15, 0.2) is 0 Å². The van der Waals surface area contributed by atoms with E-state index < -0.39 is 31.9 Å². The number of nitrogens with one attached hydrogen (secondary N) is 2. The number of benzene rings is 2. The van der Waals surface area contributed by atoms with E-state index in [1.165, 1.54) is 43.4 Å². The molecule has 2 aromatic carbocycles. The fourth-order valence-corrected chi connectivity index (χ4v) is 4.20. The van der Waals surface area contributed by atoms with Crippen LogP contribution in [-0.2, 0) is 20.0 Å². The Morgan fingerprint density at radius 3 is 2.08 bits per heavy atom. The zero-order valence-electron chi connectivity index (χ0n) is 13.0. The molecule has 0 heterocycles. The summed E-state index contributed by atoms with van der Waals surface area (Å²) in [5.41, 5.74) is 0.456. The van der Waals surface area contributed by atoms with E-state index in [1.54, 1.807) is 13.0 Å². The Labute approximate surface area is 140 Å². The fourth-order valence-electron chi connectivity index (χ4n) is 2.07. The molecular formula is C15H17FN2O4S2. The van der Waals surface area contributed by atoms with Gasteiger partial charge in [0, 0.05) is 6.04 Å². The average Bonchev–Trinajstić information content (AvgIpc) is 2.54. The highest BCUT2D eigenvalue weighted by molar-refractivity contribution is 7.90. The van der Waals surface area contributed by atoms with E-state index in [9.17, 15) is 21.2 Å². The van der Waals surface area contributed by atoms with Crippen LogP contribution in [0.2, 0.25) is 0 Å². The monoisotopic (exact) mass is 372 g/mol. The zero-order chi connectivity index (χ0) is 18.0. The summed E-state index contributed by atoms with van der Waals surface area (Å²) in [6, 6.07) is 9.86. The fraction of sp³-hybridized carbons (Fsp3) is 0.200. The molecular weight excluding hydrogens is 355 g/mol. The first-order valence-corrected chi connectivity index (χ1v) is 9.94. The lowest BCUT2D eigenvalue weighted by Gasteiger charge is -2.15. The molecule has 2 N–H and O–H groups in total. The SMILES string of the molecule is CNS(=O)(=O)c1cccc(S(=O)(=O)NC(C)c2cccc(F)c2)c1. The van der Waals surface area contributed by atoms with Crippen LogP contribution >= 0.6 is 0 Å². The number of rotatable bonds is 6. The van der Waals surface area contributed by atoms with Crippen molar-refractivity contribution in [3.63, 3.8) is 0 Å². The molecule has 0 aliphatic rings. The van der Waals surface area contributed by atoms with Gasteiger partial charge < -0.3 is 0 Å². The largest absolute Gasteiger partial charge is 0.241 e. The maximum Gasteiger partial charge on any atom is 0.241 e. The minimum absolute atomic E-state index is 0.161. The minimum atomic E-state index is -3.98. The highest BCUT2D eigenvalue weighted by Gasteiger charge is 2.21. The maximum absolute atomic E-state index is 13.3. The molecule has 0 fully saturated rings. The number of hydrogen-bond acceptors (Lipinski definition) is 4. The van der Waals surface area contributed by atoms with E-state index in [0.717, 1.165) is 6.07 Å². The molecule has 2 aromatic rings. The van der Waals surface area contributed by atoms with Crippen molar-refractivity contribution in [2.75, 3.05) is 7.05 Å². The molecule has 0 saturated carbocycles. The summed E-state index contributed by atoms with van der Waals surface area (Å²) < 4.78 is 66.3. The lowest BCUT2D eigenvalue weighted by molar-refractivity contribution is 0.564. The zero-order valence-corrected chi connectivity index (χ0v) is 14.7. The third-order valence-corrected chi connectivity index (χ3v) is 6.33. The minimum Gasteiger partial charge on any atom is -0.214 e. The van der Waals surface area contributed by atoms with E-state index in [-0.39, 0.29) is 9.79 Å². The van der Waals surface area contributed by atoms with Crippen LogP contribution in [0.15, 0.2) is 58.3 Å². The van der Waals surface area contributed by atoms with E-state index in [2.05, 4.69) is 9.44 Å². The Balaban J connectivity index is 2.33. The van der Waals surface area contributed by atoms with Gasteiger partial charge in [-0.2, -0.15) is 0 Å². The maximum atomic E-state index is 13.3. The molecule has 0 aliphatic heterocycles. The van der Waals surface area contributed by atoms with Gasteiger partial charge in [0.2, 0.25) is 20.0 Å². The average molecular weight is 372 g/mol. The third kappa shape index (κ3) is 4.18. The second-order valence-corrected chi connectivity index (χ2v) is 8.68. The molecule has 6 nitrogen and oxygen atoms in total. The second-order valence-electron chi connectivity index (χ2n) is 5.08. The van der Waals surface area contributed by atoms with E-state index >= 15 is 0 Å². The van der Waals surface area contributed by atoms with Crippen molar-refractivity contribution in [2.45, 2.75) is 22.8 Å². The van der Waals surface area contributed by atoms with Crippen LogP contribution in [0, 0.1) is 5.82 Å². The van der Waals surface area contributed by atoms with Gasteiger partial charge in [-0.3, -0.25) is 0 Å². The molecule has 24 heavy (non-hydrogen) atoms. The first-order chi connectivity index (χ1) is 11.2.